The van der Waals surface area contributed by atoms with Crippen molar-refractivity contribution in [1.29, 1.82) is 0 Å². The van der Waals surface area contributed by atoms with Crippen LogP contribution in [0.1, 0.15) is 17.2 Å². The van der Waals surface area contributed by atoms with E-state index < -0.39 is 10.0 Å². The molecular weight excluding hydrogens is 290 g/mol. The molecule has 2 heterocycles. The lowest BCUT2D eigenvalue weighted by Gasteiger charge is -2.35. The van der Waals surface area contributed by atoms with Crippen molar-refractivity contribution in [2.75, 3.05) is 19.3 Å². The van der Waals surface area contributed by atoms with Gasteiger partial charge in [0.15, 0.2) is 0 Å². The van der Waals surface area contributed by atoms with E-state index in [-0.39, 0.29) is 6.04 Å². The van der Waals surface area contributed by atoms with Crippen LogP contribution < -0.4 is 0 Å². The first-order valence-electron chi connectivity index (χ1n) is 6.67. The molecule has 1 aromatic heterocycles. The molecule has 21 heavy (non-hydrogen) atoms. The van der Waals surface area contributed by atoms with E-state index in [2.05, 4.69) is 22.3 Å². The molecule has 0 aliphatic carbocycles. The van der Waals surface area contributed by atoms with Crippen molar-refractivity contribution in [3.8, 4) is 11.4 Å². The SMILES string of the molecule is Cc1ccc(-c2nnn(C3CN(S(C)(=O)=O)C3)n2)cc1C. The van der Waals surface area contributed by atoms with Gasteiger partial charge in [-0.15, -0.1) is 10.2 Å². The van der Waals surface area contributed by atoms with Gasteiger partial charge < -0.3 is 0 Å². The average molecular weight is 307 g/mol. The first-order chi connectivity index (χ1) is 9.84. The van der Waals surface area contributed by atoms with Crippen molar-refractivity contribution >= 4 is 10.0 Å². The van der Waals surface area contributed by atoms with Gasteiger partial charge in [0.2, 0.25) is 15.8 Å². The van der Waals surface area contributed by atoms with Gasteiger partial charge in [-0.25, -0.2) is 8.42 Å². The number of tetrazole rings is 1. The zero-order valence-electron chi connectivity index (χ0n) is 12.2. The highest BCUT2D eigenvalue weighted by molar-refractivity contribution is 7.88. The Morgan fingerprint density at radius 2 is 1.90 bits per heavy atom. The number of hydrogen-bond acceptors (Lipinski definition) is 5. The van der Waals surface area contributed by atoms with E-state index >= 15 is 0 Å². The Morgan fingerprint density at radius 1 is 1.19 bits per heavy atom. The van der Waals surface area contributed by atoms with Gasteiger partial charge in [0.25, 0.3) is 0 Å². The van der Waals surface area contributed by atoms with Crippen molar-refractivity contribution < 1.29 is 8.42 Å². The third-order valence-corrected chi connectivity index (χ3v) is 5.05. The molecule has 1 fully saturated rings. The molecular formula is C13H17N5O2S. The minimum Gasteiger partial charge on any atom is -0.213 e. The van der Waals surface area contributed by atoms with Gasteiger partial charge in [-0.1, -0.05) is 12.1 Å². The summed E-state index contributed by atoms with van der Waals surface area (Å²) in [5.41, 5.74) is 3.31. The summed E-state index contributed by atoms with van der Waals surface area (Å²) in [4.78, 5) is 1.51. The van der Waals surface area contributed by atoms with Crippen molar-refractivity contribution in [3.63, 3.8) is 0 Å². The summed E-state index contributed by atoms with van der Waals surface area (Å²) in [5, 5.41) is 12.5. The average Bonchev–Trinajstić information content (AvgIpc) is 2.78. The van der Waals surface area contributed by atoms with E-state index in [0.717, 1.165) is 5.56 Å². The molecule has 1 aliphatic heterocycles. The second-order valence-corrected chi connectivity index (χ2v) is 7.45. The molecule has 3 rings (SSSR count). The zero-order valence-corrected chi connectivity index (χ0v) is 13.0. The summed E-state index contributed by atoms with van der Waals surface area (Å²) in [5.74, 6) is 0.566. The molecule has 0 N–H and O–H groups in total. The number of sulfonamides is 1. The van der Waals surface area contributed by atoms with Crippen LogP contribution in [0.5, 0.6) is 0 Å². The maximum atomic E-state index is 11.3. The van der Waals surface area contributed by atoms with Crippen LogP contribution in [0.3, 0.4) is 0 Å². The normalized spacial score (nSPS) is 16.9. The highest BCUT2D eigenvalue weighted by Crippen LogP contribution is 2.23. The van der Waals surface area contributed by atoms with Crippen LogP contribution in [-0.2, 0) is 10.0 Å². The Balaban J connectivity index is 1.77. The second-order valence-electron chi connectivity index (χ2n) is 5.47. The van der Waals surface area contributed by atoms with E-state index in [9.17, 15) is 8.42 Å². The monoisotopic (exact) mass is 307 g/mol. The first kappa shape index (κ1) is 14.2. The molecule has 0 unspecified atom stereocenters. The van der Waals surface area contributed by atoms with E-state index in [1.54, 1.807) is 0 Å². The minimum atomic E-state index is -3.12. The Morgan fingerprint density at radius 3 is 2.52 bits per heavy atom. The molecule has 1 aliphatic rings. The summed E-state index contributed by atoms with van der Waals surface area (Å²) in [6.45, 7) is 4.90. The van der Waals surface area contributed by atoms with Gasteiger partial charge in [0, 0.05) is 18.7 Å². The Labute approximate surface area is 123 Å². The highest BCUT2D eigenvalue weighted by atomic mass is 32.2. The molecule has 112 valence electrons. The Bertz CT molecular complexity index is 778. The number of benzene rings is 1. The fourth-order valence-electron chi connectivity index (χ4n) is 2.21. The van der Waals surface area contributed by atoms with Gasteiger partial charge in [0.1, 0.15) is 6.04 Å². The van der Waals surface area contributed by atoms with Crippen molar-refractivity contribution in [3.05, 3.63) is 29.3 Å². The van der Waals surface area contributed by atoms with Crippen molar-refractivity contribution in [2.24, 2.45) is 0 Å². The summed E-state index contributed by atoms with van der Waals surface area (Å²) in [7, 11) is -3.12. The number of nitrogens with zero attached hydrogens (tertiary/aromatic N) is 5. The Hall–Kier alpha value is -1.80. The fraction of sp³-hybridized carbons (Fsp3) is 0.462. The molecule has 1 saturated heterocycles. The summed E-state index contributed by atoms with van der Waals surface area (Å²) in [6, 6.07) is 5.99. The molecule has 7 nitrogen and oxygen atoms in total. The standard InChI is InChI=1S/C13H17N5O2S/c1-9-4-5-11(6-10(9)2)13-14-16-18(15-13)12-7-17(8-12)21(3,19)20/h4-6,12H,7-8H2,1-3H3. The molecule has 8 heteroatoms. The maximum Gasteiger partial charge on any atom is 0.211 e. The van der Waals surface area contributed by atoms with E-state index in [0.29, 0.717) is 18.9 Å². The summed E-state index contributed by atoms with van der Waals surface area (Å²) >= 11 is 0. The van der Waals surface area contributed by atoms with Gasteiger partial charge in [-0.2, -0.15) is 9.10 Å². The van der Waals surface area contributed by atoms with Gasteiger partial charge in [-0.3, -0.25) is 0 Å². The van der Waals surface area contributed by atoms with Gasteiger partial charge >= 0.3 is 0 Å². The summed E-state index contributed by atoms with van der Waals surface area (Å²) < 4.78 is 24.1. The van der Waals surface area contributed by atoms with Crippen molar-refractivity contribution in [2.45, 2.75) is 19.9 Å². The van der Waals surface area contributed by atoms with E-state index in [1.165, 1.54) is 26.5 Å². The first-order valence-corrected chi connectivity index (χ1v) is 8.51. The molecule has 1 aromatic carbocycles. The van der Waals surface area contributed by atoms with E-state index in [1.807, 2.05) is 25.1 Å². The molecule has 0 spiro atoms. The highest BCUT2D eigenvalue weighted by Gasteiger charge is 2.36. The molecule has 0 saturated carbocycles. The van der Waals surface area contributed by atoms with Crippen molar-refractivity contribution in [1.82, 2.24) is 24.5 Å². The van der Waals surface area contributed by atoms with Crippen LogP contribution in [0.4, 0.5) is 0 Å². The van der Waals surface area contributed by atoms with E-state index in [4.69, 9.17) is 0 Å². The number of hydrogen-bond donors (Lipinski definition) is 0. The minimum absolute atomic E-state index is 0.0347. The third kappa shape index (κ3) is 2.68. The maximum absolute atomic E-state index is 11.3. The van der Waals surface area contributed by atoms with Crippen LogP contribution >= 0.6 is 0 Å². The van der Waals surface area contributed by atoms with Crippen LogP contribution in [0, 0.1) is 13.8 Å². The van der Waals surface area contributed by atoms with Crippen LogP contribution in [0.15, 0.2) is 18.2 Å². The molecule has 0 bridgehead atoms. The number of aromatic nitrogens is 4. The molecule has 2 aromatic rings. The quantitative estimate of drug-likeness (QED) is 0.837. The van der Waals surface area contributed by atoms with Gasteiger partial charge in [-0.05, 0) is 36.3 Å². The molecule has 0 amide bonds. The largest absolute Gasteiger partial charge is 0.213 e. The predicted octanol–water partition coefficient (Wildman–Crippen LogP) is 0.773. The lowest BCUT2D eigenvalue weighted by atomic mass is 10.1. The predicted molar refractivity (Wildman–Crippen MR) is 78.2 cm³/mol. The van der Waals surface area contributed by atoms with Gasteiger partial charge in [0.05, 0.1) is 6.26 Å². The lowest BCUT2D eigenvalue weighted by Crippen LogP contribution is -2.50. The fourth-order valence-corrected chi connectivity index (χ4v) is 3.10. The Kier molecular flexibility index (Phi) is 3.29. The lowest BCUT2D eigenvalue weighted by molar-refractivity contribution is 0.174. The van der Waals surface area contributed by atoms with Crippen LogP contribution in [0.2, 0.25) is 0 Å². The molecule has 0 radical (unpaired) electrons. The number of rotatable bonds is 3. The second kappa shape index (κ2) is 4.88. The zero-order chi connectivity index (χ0) is 15.2. The smallest absolute Gasteiger partial charge is 0.211 e. The molecule has 0 atom stereocenters. The third-order valence-electron chi connectivity index (χ3n) is 3.82. The van der Waals surface area contributed by atoms with Crippen LogP contribution in [0.25, 0.3) is 11.4 Å². The number of aryl methyl sites for hydroxylation is 2. The summed E-state index contributed by atoms with van der Waals surface area (Å²) in [6.07, 6.45) is 1.21. The van der Waals surface area contributed by atoms with Crippen LogP contribution in [-0.4, -0.2) is 52.3 Å². The topological polar surface area (TPSA) is 81.0 Å².